The minimum atomic E-state index is -4.93. The van der Waals surface area contributed by atoms with E-state index in [0.29, 0.717) is 6.07 Å². The van der Waals surface area contributed by atoms with Crippen molar-refractivity contribution < 1.29 is 40.3 Å². The lowest BCUT2D eigenvalue weighted by atomic mass is 10.1. The molecule has 1 aromatic carbocycles. The fraction of sp³-hybridized carbons (Fsp3) is 0.444. The first-order valence-electron chi connectivity index (χ1n) is 8.96. The standard InChI is InChI=1S/C18H19F7N3O2P/c19-16(20)30-11-7-10-1-2-13(28-14(10)12(8-11)18(23,24)25)15(29)27-6-5-26-4-3-17(21,22)9-31/h1-2,7-8,16,26H,3-6,9,31H2,(H,27,29). The van der Waals surface area contributed by atoms with Crippen molar-refractivity contribution >= 4 is 26.0 Å². The van der Waals surface area contributed by atoms with E-state index >= 15 is 0 Å². The topological polar surface area (TPSA) is 63.2 Å². The molecule has 1 atom stereocenters. The molecule has 1 heterocycles. The summed E-state index contributed by atoms with van der Waals surface area (Å²) in [5.41, 5.74) is -2.25. The minimum absolute atomic E-state index is 0.0173. The first-order valence-corrected chi connectivity index (χ1v) is 9.78. The predicted molar refractivity (Wildman–Crippen MR) is 103 cm³/mol. The smallest absolute Gasteiger partial charge is 0.418 e. The molecule has 0 bridgehead atoms. The predicted octanol–water partition coefficient (Wildman–Crippen LogP) is 4.07. The van der Waals surface area contributed by atoms with Gasteiger partial charge in [0.15, 0.2) is 0 Å². The first kappa shape index (κ1) is 25.1. The number of rotatable bonds is 10. The molecule has 2 aromatic rings. The Balaban J connectivity index is 2.08. The molecule has 0 spiro atoms. The molecule has 0 aliphatic rings. The van der Waals surface area contributed by atoms with E-state index in [4.69, 9.17) is 0 Å². The monoisotopic (exact) mass is 473 g/mol. The molecule has 1 aromatic heterocycles. The average Bonchev–Trinajstić information content (AvgIpc) is 2.68. The lowest BCUT2D eigenvalue weighted by Crippen LogP contribution is -2.34. The van der Waals surface area contributed by atoms with Crippen LogP contribution in [0.2, 0.25) is 0 Å². The zero-order chi connectivity index (χ0) is 23.2. The maximum Gasteiger partial charge on any atom is 0.418 e. The molecule has 0 radical (unpaired) electrons. The maximum atomic E-state index is 13.4. The number of carbonyl (C=O) groups is 1. The SMILES string of the molecule is O=C(NCCNCCC(F)(F)CP)c1ccc2cc(OC(F)F)cc(C(F)(F)F)c2n1. The van der Waals surface area contributed by atoms with E-state index in [9.17, 15) is 35.5 Å². The van der Waals surface area contributed by atoms with Crippen LogP contribution in [0, 0.1) is 0 Å². The van der Waals surface area contributed by atoms with Gasteiger partial charge in [-0.05, 0) is 18.2 Å². The summed E-state index contributed by atoms with van der Waals surface area (Å²) in [6.45, 7) is -3.10. The van der Waals surface area contributed by atoms with E-state index < -0.39 is 41.4 Å². The number of benzene rings is 1. The van der Waals surface area contributed by atoms with Crippen LogP contribution in [0.4, 0.5) is 30.7 Å². The van der Waals surface area contributed by atoms with E-state index in [1.165, 1.54) is 0 Å². The Hall–Kier alpha value is -2.20. The van der Waals surface area contributed by atoms with Gasteiger partial charge in [0, 0.05) is 37.6 Å². The molecule has 5 nitrogen and oxygen atoms in total. The van der Waals surface area contributed by atoms with E-state index in [2.05, 4.69) is 20.4 Å². The minimum Gasteiger partial charge on any atom is -0.435 e. The molecule has 0 aliphatic carbocycles. The van der Waals surface area contributed by atoms with Gasteiger partial charge in [-0.1, -0.05) is 6.07 Å². The molecule has 13 heteroatoms. The van der Waals surface area contributed by atoms with Crippen LogP contribution in [0.15, 0.2) is 24.3 Å². The summed E-state index contributed by atoms with van der Waals surface area (Å²) < 4.78 is 95.0. The van der Waals surface area contributed by atoms with E-state index in [1.807, 2.05) is 9.24 Å². The number of pyridine rings is 1. The fourth-order valence-electron chi connectivity index (χ4n) is 2.57. The molecule has 0 fully saturated rings. The second kappa shape index (κ2) is 10.4. The summed E-state index contributed by atoms with van der Waals surface area (Å²) in [5.74, 6) is -4.28. The third-order valence-electron chi connectivity index (χ3n) is 4.08. The number of halogens is 7. The molecule has 0 saturated carbocycles. The first-order chi connectivity index (χ1) is 14.4. The largest absolute Gasteiger partial charge is 0.435 e. The van der Waals surface area contributed by atoms with Gasteiger partial charge >= 0.3 is 12.8 Å². The fourth-order valence-corrected chi connectivity index (χ4v) is 2.78. The summed E-state index contributed by atoms with van der Waals surface area (Å²) in [7, 11) is 1.96. The van der Waals surface area contributed by atoms with Crippen LogP contribution in [0.5, 0.6) is 5.75 Å². The summed E-state index contributed by atoms with van der Waals surface area (Å²) in [6, 6.07) is 3.61. The van der Waals surface area contributed by atoms with Crippen LogP contribution in [0.25, 0.3) is 10.9 Å². The Bertz CT molecular complexity index is 910. The number of ether oxygens (including phenoxy) is 1. The highest BCUT2D eigenvalue weighted by Crippen LogP contribution is 2.37. The van der Waals surface area contributed by atoms with Crippen LogP contribution in [-0.4, -0.2) is 49.2 Å². The highest BCUT2D eigenvalue weighted by molar-refractivity contribution is 7.16. The number of nitrogens with zero attached hydrogens (tertiary/aromatic N) is 1. The highest BCUT2D eigenvalue weighted by atomic mass is 31.0. The lowest BCUT2D eigenvalue weighted by molar-refractivity contribution is -0.136. The third-order valence-corrected chi connectivity index (χ3v) is 4.68. The molecule has 172 valence electrons. The molecule has 1 unspecified atom stereocenters. The van der Waals surface area contributed by atoms with E-state index in [-0.39, 0.29) is 43.3 Å². The van der Waals surface area contributed by atoms with Crippen molar-refractivity contribution in [1.82, 2.24) is 15.6 Å². The lowest BCUT2D eigenvalue weighted by Gasteiger charge is -2.14. The molecular weight excluding hydrogens is 454 g/mol. The number of aromatic nitrogens is 1. The number of carbonyl (C=O) groups excluding carboxylic acids is 1. The Morgan fingerprint density at radius 1 is 1.10 bits per heavy atom. The van der Waals surface area contributed by atoms with E-state index in [0.717, 1.165) is 18.2 Å². The number of fused-ring (bicyclic) bond motifs is 1. The Morgan fingerprint density at radius 2 is 1.81 bits per heavy atom. The second-order valence-electron chi connectivity index (χ2n) is 6.43. The number of hydrogen-bond donors (Lipinski definition) is 2. The quantitative estimate of drug-likeness (QED) is 0.310. The van der Waals surface area contributed by atoms with Crippen LogP contribution >= 0.6 is 9.24 Å². The van der Waals surface area contributed by atoms with Crippen molar-refractivity contribution in [3.05, 3.63) is 35.5 Å². The number of nitrogens with one attached hydrogen (secondary N) is 2. The number of amides is 1. The van der Waals surface area contributed by atoms with Crippen molar-refractivity contribution in [3.63, 3.8) is 0 Å². The van der Waals surface area contributed by atoms with Gasteiger partial charge in [0.25, 0.3) is 11.8 Å². The Morgan fingerprint density at radius 3 is 2.42 bits per heavy atom. The normalized spacial score (nSPS) is 12.4. The molecule has 1 amide bonds. The molecule has 0 saturated heterocycles. The van der Waals surface area contributed by atoms with Crippen molar-refractivity contribution in [2.45, 2.75) is 25.1 Å². The van der Waals surface area contributed by atoms with Crippen LogP contribution < -0.4 is 15.4 Å². The molecular formula is C18H19F7N3O2P. The van der Waals surface area contributed by atoms with Gasteiger partial charge in [0.05, 0.1) is 11.1 Å². The summed E-state index contributed by atoms with van der Waals surface area (Å²) in [4.78, 5) is 15.9. The van der Waals surface area contributed by atoms with E-state index in [1.54, 1.807) is 0 Å². The zero-order valence-corrected chi connectivity index (χ0v) is 17.1. The van der Waals surface area contributed by atoms with Crippen molar-refractivity contribution in [2.75, 3.05) is 25.8 Å². The number of hydrogen-bond acceptors (Lipinski definition) is 4. The maximum absolute atomic E-state index is 13.4. The van der Waals surface area contributed by atoms with Crippen molar-refractivity contribution in [2.24, 2.45) is 0 Å². The average molecular weight is 473 g/mol. The van der Waals surface area contributed by atoms with Crippen molar-refractivity contribution in [3.8, 4) is 5.75 Å². The van der Waals surface area contributed by atoms with Gasteiger partial charge in [0.1, 0.15) is 11.4 Å². The summed E-state index contributed by atoms with van der Waals surface area (Å²) in [6.07, 6.45) is -5.67. The summed E-state index contributed by atoms with van der Waals surface area (Å²) >= 11 is 0. The van der Waals surface area contributed by atoms with Gasteiger partial charge in [0.2, 0.25) is 0 Å². The zero-order valence-electron chi connectivity index (χ0n) is 15.9. The van der Waals surface area contributed by atoms with Gasteiger partial charge in [-0.15, -0.1) is 9.24 Å². The van der Waals surface area contributed by atoms with Crippen molar-refractivity contribution in [1.29, 1.82) is 0 Å². The molecule has 31 heavy (non-hydrogen) atoms. The molecule has 0 aliphatic heterocycles. The molecule has 2 rings (SSSR count). The third kappa shape index (κ3) is 7.46. The highest BCUT2D eigenvalue weighted by Gasteiger charge is 2.34. The van der Waals surface area contributed by atoms with Crippen LogP contribution in [-0.2, 0) is 6.18 Å². The van der Waals surface area contributed by atoms with Crippen LogP contribution in [0.1, 0.15) is 22.5 Å². The second-order valence-corrected chi connectivity index (χ2v) is 6.84. The van der Waals surface area contributed by atoms with Gasteiger partial charge in [-0.25, -0.2) is 13.8 Å². The summed E-state index contributed by atoms with van der Waals surface area (Å²) in [5, 5.41) is 4.98. The van der Waals surface area contributed by atoms with Gasteiger partial charge in [-0.2, -0.15) is 22.0 Å². The molecule has 2 N–H and O–H groups in total. The van der Waals surface area contributed by atoms with Crippen LogP contribution in [0.3, 0.4) is 0 Å². The Labute approximate surface area is 174 Å². The van der Waals surface area contributed by atoms with Gasteiger partial charge < -0.3 is 15.4 Å². The number of alkyl halides is 7. The Kier molecular flexibility index (Phi) is 8.41. The van der Waals surface area contributed by atoms with Gasteiger partial charge in [-0.3, -0.25) is 4.79 Å².